The van der Waals surface area contributed by atoms with Gasteiger partial charge in [-0.15, -0.1) is 0 Å². The Kier molecular flexibility index (Phi) is 9.31. The Labute approximate surface area is 162 Å². The number of hydrogen-bond donors (Lipinski definition) is 1. The first-order chi connectivity index (χ1) is 12.4. The molecule has 1 atom stereocenters. The van der Waals surface area contributed by atoms with E-state index in [1.807, 2.05) is 0 Å². The largest absolute Gasteiger partial charge is 0.328 e. The monoisotopic (exact) mass is 367 g/mol. The summed E-state index contributed by atoms with van der Waals surface area (Å²) >= 11 is 0. The van der Waals surface area contributed by atoms with Gasteiger partial charge in [0, 0.05) is 70.5 Å². The maximum Gasteiger partial charge on any atom is 0.0113 e. The van der Waals surface area contributed by atoms with Crippen molar-refractivity contribution in [2.45, 2.75) is 65.6 Å². The standard InChI is InChI=1S/C21H45N5/c1-18(2)25-14-10-23(11-15-25)8-6-21(20(5)22)7-9-24-12-16-26(17-13-24)19(3)4/h18-21H,6-17,22H2,1-5H3. The van der Waals surface area contributed by atoms with Crippen molar-refractivity contribution in [3.8, 4) is 0 Å². The van der Waals surface area contributed by atoms with E-state index in [9.17, 15) is 0 Å². The zero-order valence-electron chi connectivity index (χ0n) is 18.2. The van der Waals surface area contributed by atoms with Crippen LogP contribution < -0.4 is 5.73 Å². The topological polar surface area (TPSA) is 39.0 Å². The van der Waals surface area contributed by atoms with Gasteiger partial charge in [-0.2, -0.15) is 0 Å². The average Bonchev–Trinajstić information content (AvgIpc) is 2.62. The summed E-state index contributed by atoms with van der Waals surface area (Å²) in [5, 5.41) is 0. The Morgan fingerprint density at radius 2 is 0.962 bits per heavy atom. The molecule has 0 aromatic carbocycles. The molecule has 0 saturated carbocycles. The minimum atomic E-state index is 0.309. The van der Waals surface area contributed by atoms with Crippen LogP contribution in [0.1, 0.15) is 47.5 Å². The van der Waals surface area contributed by atoms with Crippen LogP contribution in [0.4, 0.5) is 0 Å². The molecule has 2 heterocycles. The summed E-state index contributed by atoms with van der Waals surface area (Å²) in [7, 11) is 0. The van der Waals surface area contributed by atoms with E-state index in [2.05, 4.69) is 54.2 Å². The molecule has 5 nitrogen and oxygen atoms in total. The van der Waals surface area contributed by atoms with Crippen LogP contribution in [-0.4, -0.2) is 103 Å². The molecule has 0 aromatic heterocycles. The lowest BCUT2D eigenvalue weighted by Gasteiger charge is -2.38. The van der Waals surface area contributed by atoms with Crippen molar-refractivity contribution in [3.05, 3.63) is 0 Å². The fraction of sp³-hybridized carbons (Fsp3) is 1.00. The predicted octanol–water partition coefficient (Wildman–Crippen LogP) is 1.78. The van der Waals surface area contributed by atoms with Crippen molar-refractivity contribution in [3.63, 3.8) is 0 Å². The van der Waals surface area contributed by atoms with Gasteiger partial charge in [-0.1, -0.05) is 0 Å². The first-order valence-corrected chi connectivity index (χ1v) is 11.0. The first-order valence-electron chi connectivity index (χ1n) is 11.0. The van der Waals surface area contributed by atoms with Crippen molar-refractivity contribution >= 4 is 0 Å². The quantitative estimate of drug-likeness (QED) is 0.673. The molecule has 0 aliphatic carbocycles. The van der Waals surface area contributed by atoms with E-state index in [-0.39, 0.29) is 0 Å². The molecule has 0 aromatic rings. The highest BCUT2D eigenvalue weighted by atomic mass is 15.3. The second-order valence-electron chi connectivity index (χ2n) is 9.14. The summed E-state index contributed by atoms with van der Waals surface area (Å²) in [5.41, 5.74) is 6.34. The van der Waals surface area contributed by atoms with Gasteiger partial charge < -0.3 is 15.5 Å². The Hall–Kier alpha value is -0.200. The molecule has 5 heteroatoms. The summed E-state index contributed by atoms with van der Waals surface area (Å²) in [4.78, 5) is 10.5. The van der Waals surface area contributed by atoms with Gasteiger partial charge in [-0.25, -0.2) is 0 Å². The third kappa shape index (κ3) is 7.08. The number of rotatable bonds is 9. The molecule has 2 aliphatic rings. The normalized spacial score (nSPS) is 23.4. The molecule has 154 valence electrons. The van der Waals surface area contributed by atoms with Crippen LogP contribution >= 0.6 is 0 Å². The molecule has 2 rings (SSSR count). The number of piperazine rings is 2. The number of nitrogens with zero attached hydrogens (tertiary/aromatic N) is 4. The Balaban J connectivity index is 1.66. The van der Waals surface area contributed by atoms with Gasteiger partial charge >= 0.3 is 0 Å². The lowest BCUT2D eigenvalue weighted by atomic mass is 9.93. The van der Waals surface area contributed by atoms with Crippen LogP contribution in [0.2, 0.25) is 0 Å². The second-order valence-corrected chi connectivity index (χ2v) is 9.14. The van der Waals surface area contributed by atoms with E-state index in [1.165, 1.54) is 78.3 Å². The summed E-state index contributed by atoms with van der Waals surface area (Å²) in [5.74, 6) is 0.654. The average molecular weight is 368 g/mol. The SMILES string of the molecule is CC(N)C(CCN1CCN(C(C)C)CC1)CCN1CCN(C(C)C)CC1. The van der Waals surface area contributed by atoms with E-state index < -0.39 is 0 Å². The fourth-order valence-electron chi connectivity index (χ4n) is 4.37. The lowest BCUT2D eigenvalue weighted by molar-refractivity contribution is 0.0936. The van der Waals surface area contributed by atoms with E-state index in [1.54, 1.807) is 0 Å². The molecule has 2 saturated heterocycles. The summed E-state index contributed by atoms with van der Waals surface area (Å²) < 4.78 is 0. The molecule has 1 unspecified atom stereocenters. The van der Waals surface area contributed by atoms with Crippen molar-refractivity contribution in [1.82, 2.24) is 19.6 Å². The second kappa shape index (κ2) is 11.0. The maximum atomic E-state index is 6.34. The smallest absolute Gasteiger partial charge is 0.0113 e. The molecule has 0 spiro atoms. The van der Waals surface area contributed by atoms with Crippen molar-refractivity contribution in [1.29, 1.82) is 0 Å². The molecule has 2 fully saturated rings. The van der Waals surface area contributed by atoms with Gasteiger partial charge in [0.25, 0.3) is 0 Å². The minimum Gasteiger partial charge on any atom is -0.328 e. The summed E-state index contributed by atoms with van der Waals surface area (Å²) in [6.07, 6.45) is 2.51. The lowest BCUT2D eigenvalue weighted by Crippen LogP contribution is -2.50. The van der Waals surface area contributed by atoms with Gasteiger partial charge in [0.05, 0.1) is 0 Å². The molecular weight excluding hydrogens is 322 g/mol. The van der Waals surface area contributed by atoms with Crippen molar-refractivity contribution < 1.29 is 0 Å². The Morgan fingerprint density at radius 1 is 0.615 bits per heavy atom. The third-order valence-corrected chi connectivity index (χ3v) is 6.65. The number of hydrogen-bond acceptors (Lipinski definition) is 5. The van der Waals surface area contributed by atoms with Crippen molar-refractivity contribution in [2.75, 3.05) is 65.4 Å². The van der Waals surface area contributed by atoms with Crippen LogP contribution in [0.5, 0.6) is 0 Å². The molecule has 0 amide bonds. The Bertz CT molecular complexity index is 337. The van der Waals surface area contributed by atoms with Gasteiger partial charge in [-0.3, -0.25) is 9.80 Å². The van der Waals surface area contributed by atoms with E-state index in [4.69, 9.17) is 5.73 Å². The molecular formula is C21H45N5. The van der Waals surface area contributed by atoms with Gasteiger partial charge in [0.2, 0.25) is 0 Å². The fourth-order valence-corrected chi connectivity index (χ4v) is 4.37. The van der Waals surface area contributed by atoms with E-state index in [0.29, 0.717) is 24.0 Å². The zero-order chi connectivity index (χ0) is 19.1. The van der Waals surface area contributed by atoms with Crippen LogP contribution in [0, 0.1) is 5.92 Å². The maximum absolute atomic E-state index is 6.34. The van der Waals surface area contributed by atoms with Crippen LogP contribution in [0.3, 0.4) is 0 Å². The summed E-state index contributed by atoms with van der Waals surface area (Å²) in [6.45, 7) is 23.7. The van der Waals surface area contributed by atoms with Crippen molar-refractivity contribution in [2.24, 2.45) is 11.7 Å². The minimum absolute atomic E-state index is 0.309. The highest BCUT2D eigenvalue weighted by Crippen LogP contribution is 2.17. The van der Waals surface area contributed by atoms with Crippen LogP contribution in [-0.2, 0) is 0 Å². The molecule has 0 radical (unpaired) electrons. The number of nitrogens with two attached hydrogens (primary N) is 1. The first kappa shape index (κ1) is 22.1. The van der Waals surface area contributed by atoms with Gasteiger partial charge in [0.15, 0.2) is 0 Å². The zero-order valence-corrected chi connectivity index (χ0v) is 18.2. The van der Waals surface area contributed by atoms with Crippen LogP contribution in [0.25, 0.3) is 0 Å². The van der Waals surface area contributed by atoms with E-state index in [0.717, 1.165) is 0 Å². The molecule has 26 heavy (non-hydrogen) atoms. The third-order valence-electron chi connectivity index (χ3n) is 6.65. The Morgan fingerprint density at radius 3 is 1.23 bits per heavy atom. The highest BCUT2D eigenvalue weighted by Gasteiger charge is 2.23. The molecule has 2 aliphatic heterocycles. The highest BCUT2D eigenvalue weighted by molar-refractivity contribution is 4.79. The molecule has 2 N–H and O–H groups in total. The predicted molar refractivity (Wildman–Crippen MR) is 113 cm³/mol. The van der Waals surface area contributed by atoms with Crippen LogP contribution in [0.15, 0.2) is 0 Å². The van der Waals surface area contributed by atoms with Gasteiger partial charge in [0.1, 0.15) is 0 Å². The molecule has 0 bridgehead atoms. The van der Waals surface area contributed by atoms with E-state index >= 15 is 0 Å². The summed E-state index contributed by atoms with van der Waals surface area (Å²) in [6, 6.07) is 1.68. The van der Waals surface area contributed by atoms with Gasteiger partial charge in [-0.05, 0) is 66.5 Å².